The maximum atomic E-state index is 5.19. The van der Waals surface area contributed by atoms with Crippen molar-refractivity contribution in [1.29, 1.82) is 0 Å². The molecule has 4 heterocycles. The highest BCUT2D eigenvalue weighted by Crippen LogP contribution is 2.44. The van der Waals surface area contributed by atoms with Crippen LogP contribution in [0.3, 0.4) is 0 Å². The zero-order valence-corrected chi connectivity index (χ0v) is 28.0. The van der Waals surface area contributed by atoms with Crippen LogP contribution < -0.4 is 0 Å². The fraction of sp³-hybridized carbons (Fsp3) is 0. The van der Waals surface area contributed by atoms with Crippen molar-refractivity contribution in [1.82, 2.24) is 24.1 Å². The quantitative estimate of drug-likeness (QED) is 0.187. The minimum absolute atomic E-state index is 0.591. The Kier molecular flexibility index (Phi) is 6.05. The summed E-state index contributed by atoms with van der Waals surface area (Å²) in [4.78, 5) is 15.4. The van der Waals surface area contributed by atoms with Crippen LogP contribution >= 0.6 is 11.3 Å². The second-order valence-electron chi connectivity index (χ2n) is 12.9. The highest BCUT2D eigenvalue weighted by molar-refractivity contribution is 7.26. The Labute approximate surface area is 296 Å². The molecule has 0 aliphatic rings. The zero-order valence-electron chi connectivity index (χ0n) is 27.2. The van der Waals surface area contributed by atoms with Gasteiger partial charge in [-0.3, -0.25) is 4.57 Å². The van der Waals surface area contributed by atoms with E-state index in [-0.39, 0.29) is 0 Å². The Morgan fingerprint density at radius 2 is 0.941 bits per heavy atom. The average Bonchev–Trinajstić information content (AvgIpc) is 3.86. The number of para-hydroxylation sites is 2. The molecule has 6 heteroatoms. The summed E-state index contributed by atoms with van der Waals surface area (Å²) >= 11 is 1.85. The van der Waals surface area contributed by atoms with Crippen LogP contribution in [0.15, 0.2) is 164 Å². The number of hydrogen-bond donors (Lipinski definition) is 0. The normalized spacial score (nSPS) is 11.9. The molecular weight excluding hydrogens is 643 g/mol. The molecule has 0 saturated carbocycles. The molecule has 0 unspecified atom stereocenters. The molecular formula is C45H27N5S. The molecule has 0 aliphatic heterocycles. The van der Waals surface area contributed by atoms with Crippen LogP contribution in [0.2, 0.25) is 0 Å². The van der Waals surface area contributed by atoms with Gasteiger partial charge in [-0.05, 0) is 42.5 Å². The van der Waals surface area contributed by atoms with Crippen molar-refractivity contribution in [3.63, 3.8) is 0 Å². The fourth-order valence-electron chi connectivity index (χ4n) is 7.73. The Morgan fingerprint density at radius 3 is 1.61 bits per heavy atom. The molecule has 0 amide bonds. The number of thiophene rings is 1. The van der Waals surface area contributed by atoms with Crippen molar-refractivity contribution in [2.24, 2.45) is 0 Å². The maximum Gasteiger partial charge on any atom is 0.238 e. The monoisotopic (exact) mass is 669 g/mol. The standard InChI is InChI=1S/C45H27N5S/c1-3-13-28(14-4-1)43-46-44(29-15-5-2-6-16-29)48-45(47-43)50-38-25-23-30(49-36-20-10-7-17-31(36)32-18-8-11-21-37(32)49)27-35(38)41-39(50)26-24-34-33-19-9-12-22-40(33)51-42(34)41/h1-27H. The van der Waals surface area contributed by atoms with Gasteiger partial charge in [-0.25, -0.2) is 4.98 Å². The molecule has 0 fully saturated rings. The van der Waals surface area contributed by atoms with Gasteiger partial charge in [-0.1, -0.05) is 121 Å². The smallest absolute Gasteiger partial charge is 0.238 e. The first-order chi connectivity index (χ1) is 25.3. The van der Waals surface area contributed by atoms with E-state index in [1.54, 1.807) is 0 Å². The van der Waals surface area contributed by atoms with Gasteiger partial charge in [0, 0.05) is 58.5 Å². The highest BCUT2D eigenvalue weighted by atomic mass is 32.1. The number of aromatic nitrogens is 5. The van der Waals surface area contributed by atoms with Gasteiger partial charge in [-0.15, -0.1) is 11.3 Å². The number of nitrogens with zero attached hydrogens (tertiary/aromatic N) is 5. The number of fused-ring (bicyclic) bond motifs is 10. The summed E-state index contributed by atoms with van der Waals surface area (Å²) in [6.07, 6.45) is 0. The van der Waals surface area contributed by atoms with Crippen LogP contribution in [0, 0.1) is 0 Å². The molecule has 238 valence electrons. The molecule has 5 nitrogen and oxygen atoms in total. The van der Waals surface area contributed by atoms with Gasteiger partial charge in [0.1, 0.15) is 0 Å². The van der Waals surface area contributed by atoms with Crippen molar-refractivity contribution < 1.29 is 0 Å². The van der Waals surface area contributed by atoms with E-state index in [0.29, 0.717) is 17.6 Å². The van der Waals surface area contributed by atoms with E-state index in [4.69, 9.17) is 15.0 Å². The topological polar surface area (TPSA) is 48.5 Å². The lowest BCUT2D eigenvalue weighted by atomic mass is 10.1. The second kappa shape index (κ2) is 10.9. The van der Waals surface area contributed by atoms with Gasteiger partial charge in [0.05, 0.1) is 22.1 Å². The molecule has 51 heavy (non-hydrogen) atoms. The lowest BCUT2D eigenvalue weighted by Gasteiger charge is -2.11. The molecule has 0 aliphatic carbocycles. The summed E-state index contributed by atoms with van der Waals surface area (Å²) in [5, 5.41) is 7.38. The third kappa shape index (κ3) is 4.24. The minimum atomic E-state index is 0.591. The van der Waals surface area contributed by atoms with Crippen molar-refractivity contribution in [3.05, 3.63) is 164 Å². The van der Waals surface area contributed by atoms with Crippen LogP contribution in [0.5, 0.6) is 0 Å². The summed E-state index contributed by atoms with van der Waals surface area (Å²) in [6, 6.07) is 57.7. The van der Waals surface area contributed by atoms with E-state index >= 15 is 0 Å². The van der Waals surface area contributed by atoms with E-state index in [9.17, 15) is 0 Å². The molecule has 0 saturated heterocycles. The molecule has 0 atom stereocenters. The van der Waals surface area contributed by atoms with Gasteiger partial charge in [-0.2, -0.15) is 9.97 Å². The van der Waals surface area contributed by atoms with Crippen molar-refractivity contribution in [2.45, 2.75) is 0 Å². The highest BCUT2D eigenvalue weighted by Gasteiger charge is 2.22. The Hall–Kier alpha value is -6.63. The molecule has 0 radical (unpaired) electrons. The van der Waals surface area contributed by atoms with Crippen molar-refractivity contribution in [2.75, 3.05) is 0 Å². The van der Waals surface area contributed by atoms with Gasteiger partial charge in [0.25, 0.3) is 0 Å². The zero-order chi connectivity index (χ0) is 33.5. The summed E-state index contributed by atoms with van der Waals surface area (Å²) in [5.74, 6) is 1.87. The summed E-state index contributed by atoms with van der Waals surface area (Å²) in [5.41, 5.74) is 7.48. The van der Waals surface area contributed by atoms with E-state index in [1.165, 1.54) is 47.4 Å². The molecule has 11 aromatic rings. The number of rotatable bonds is 4. The van der Waals surface area contributed by atoms with E-state index in [2.05, 4.69) is 137 Å². The van der Waals surface area contributed by atoms with Crippen LogP contribution in [0.1, 0.15) is 0 Å². The summed E-state index contributed by atoms with van der Waals surface area (Å²) in [7, 11) is 0. The lowest BCUT2D eigenvalue weighted by Crippen LogP contribution is -2.06. The van der Waals surface area contributed by atoms with Gasteiger partial charge in [0.15, 0.2) is 11.6 Å². The van der Waals surface area contributed by atoms with Crippen molar-refractivity contribution >= 4 is 75.1 Å². The number of hydrogen-bond acceptors (Lipinski definition) is 4. The SMILES string of the molecule is c1ccc(-c2nc(-c3ccccc3)nc(-n3c4ccc(-n5c6ccccc6c6ccccc65)cc4c4c5sc6ccccc6c5ccc43)n2)cc1. The molecule has 0 spiro atoms. The van der Waals surface area contributed by atoms with Gasteiger partial charge < -0.3 is 4.57 Å². The second-order valence-corrected chi connectivity index (χ2v) is 13.9. The van der Waals surface area contributed by atoms with E-state index < -0.39 is 0 Å². The van der Waals surface area contributed by atoms with Crippen molar-refractivity contribution in [3.8, 4) is 34.4 Å². The molecule has 7 aromatic carbocycles. The lowest BCUT2D eigenvalue weighted by molar-refractivity contribution is 0.953. The Balaban J connectivity index is 1.26. The van der Waals surface area contributed by atoms with Crippen LogP contribution in [0.4, 0.5) is 0 Å². The first-order valence-electron chi connectivity index (χ1n) is 17.0. The predicted molar refractivity (Wildman–Crippen MR) is 212 cm³/mol. The maximum absolute atomic E-state index is 5.19. The summed E-state index contributed by atoms with van der Waals surface area (Å²) in [6.45, 7) is 0. The third-order valence-electron chi connectivity index (χ3n) is 9.98. The summed E-state index contributed by atoms with van der Waals surface area (Å²) < 4.78 is 7.15. The van der Waals surface area contributed by atoms with Crippen LogP contribution in [-0.4, -0.2) is 24.1 Å². The largest absolute Gasteiger partial charge is 0.309 e. The van der Waals surface area contributed by atoms with Gasteiger partial charge in [0.2, 0.25) is 5.95 Å². The molecule has 4 aromatic heterocycles. The molecule has 0 N–H and O–H groups in total. The molecule has 11 rings (SSSR count). The van der Waals surface area contributed by atoms with Crippen LogP contribution in [0.25, 0.3) is 98.2 Å². The molecule has 0 bridgehead atoms. The first-order valence-corrected chi connectivity index (χ1v) is 17.9. The van der Waals surface area contributed by atoms with E-state index in [0.717, 1.165) is 33.2 Å². The predicted octanol–water partition coefficient (Wildman–Crippen LogP) is 11.8. The number of benzene rings is 7. The average molecular weight is 670 g/mol. The Morgan fingerprint density at radius 1 is 0.392 bits per heavy atom. The first kappa shape index (κ1) is 28.2. The van der Waals surface area contributed by atoms with Gasteiger partial charge >= 0.3 is 0 Å². The van der Waals surface area contributed by atoms with Crippen LogP contribution in [-0.2, 0) is 0 Å². The van der Waals surface area contributed by atoms with E-state index in [1.807, 2.05) is 47.7 Å². The Bertz CT molecular complexity index is 3030. The minimum Gasteiger partial charge on any atom is -0.309 e. The fourth-order valence-corrected chi connectivity index (χ4v) is 8.99. The third-order valence-corrected chi connectivity index (χ3v) is 11.2.